The summed E-state index contributed by atoms with van der Waals surface area (Å²) in [5.41, 5.74) is 3.75. The number of anilines is 1. The fraction of sp³-hybridized carbons (Fsp3) is 0.211. The zero-order valence-electron chi connectivity index (χ0n) is 14.4. The molecule has 0 aliphatic rings. The highest BCUT2D eigenvalue weighted by molar-refractivity contribution is 8.00. The maximum absolute atomic E-state index is 12.3. The lowest BCUT2D eigenvalue weighted by atomic mass is 10.3. The van der Waals surface area contributed by atoms with E-state index in [1.165, 1.54) is 0 Å². The van der Waals surface area contributed by atoms with Crippen LogP contribution in [0.15, 0.2) is 42.5 Å². The average molecular weight is 383 g/mol. The van der Waals surface area contributed by atoms with Gasteiger partial charge in [0.15, 0.2) is 0 Å². The predicted molar refractivity (Wildman–Crippen MR) is 110 cm³/mol. The number of thiazole rings is 1. The molecule has 132 valence electrons. The van der Waals surface area contributed by atoms with Gasteiger partial charge < -0.3 is 10.3 Å². The van der Waals surface area contributed by atoms with Crippen molar-refractivity contribution in [3.8, 4) is 0 Å². The van der Waals surface area contributed by atoms with Gasteiger partial charge in [0, 0.05) is 5.69 Å². The summed E-state index contributed by atoms with van der Waals surface area (Å²) in [6.07, 6.45) is 0. The van der Waals surface area contributed by atoms with Gasteiger partial charge in [-0.3, -0.25) is 4.79 Å². The largest absolute Gasteiger partial charge is 0.341 e. The van der Waals surface area contributed by atoms with Crippen LogP contribution < -0.4 is 5.32 Å². The van der Waals surface area contributed by atoms with Gasteiger partial charge in [0.05, 0.1) is 37.3 Å². The number of carbonyl (C=O) groups is 1. The Hall–Kier alpha value is -2.38. The number of aryl methyl sites for hydroxylation is 1. The van der Waals surface area contributed by atoms with E-state index in [9.17, 15) is 4.79 Å². The van der Waals surface area contributed by atoms with Crippen molar-refractivity contribution < 1.29 is 4.79 Å². The van der Waals surface area contributed by atoms with Crippen molar-refractivity contribution in [2.75, 3.05) is 11.1 Å². The van der Waals surface area contributed by atoms with Crippen molar-refractivity contribution in [3.63, 3.8) is 0 Å². The van der Waals surface area contributed by atoms with Gasteiger partial charge in [0.2, 0.25) is 5.91 Å². The van der Waals surface area contributed by atoms with E-state index < -0.39 is 0 Å². The van der Waals surface area contributed by atoms with E-state index in [-0.39, 0.29) is 11.2 Å². The van der Waals surface area contributed by atoms with Crippen molar-refractivity contribution in [1.29, 1.82) is 0 Å². The fourth-order valence-corrected chi connectivity index (χ4v) is 4.37. The third-order valence-corrected chi connectivity index (χ3v) is 6.12. The highest BCUT2D eigenvalue weighted by Gasteiger charge is 2.13. The average Bonchev–Trinajstić information content (AvgIpc) is 3.21. The lowest BCUT2D eigenvalue weighted by Crippen LogP contribution is -2.14. The Bertz CT molecular complexity index is 1050. The van der Waals surface area contributed by atoms with Crippen LogP contribution in [0.25, 0.3) is 21.3 Å². The molecule has 2 aromatic heterocycles. The predicted octanol–water partition coefficient (Wildman–Crippen LogP) is 4.91. The molecule has 0 saturated heterocycles. The molecule has 0 fully saturated rings. The normalized spacial score (nSPS) is 12.5. The summed E-state index contributed by atoms with van der Waals surface area (Å²) in [7, 11) is 0. The zero-order chi connectivity index (χ0) is 18.1. The Morgan fingerprint density at radius 3 is 2.92 bits per heavy atom. The molecule has 2 heterocycles. The first-order valence-electron chi connectivity index (χ1n) is 8.32. The quantitative estimate of drug-likeness (QED) is 0.514. The summed E-state index contributed by atoms with van der Waals surface area (Å²) in [4.78, 5) is 24.6. The molecule has 2 N–H and O–H groups in total. The number of nitrogens with one attached hydrogen (secondary N) is 2. The number of rotatable bonds is 5. The Balaban J connectivity index is 1.37. The first kappa shape index (κ1) is 17.1. The van der Waals surface area contributed by atoms with Crippen molar-refractivity contribution in [2.45, 2.75) is 19.1 Å². The minimum Gasteiger partial charge on any atom is -0.341 e. The maximum atomic E-state index is 12.3. The molecule has 1 amide bonds. The number of thioether (sulfide) groups is 1. The molecule has 0 aliphatic heterocycles. The second-order valence-electron chi connectivity index (χ2n) is 6.06. The minimum absolute atomic E-state index is 0.0152. The standard InChI is InChI=1S/C19H18N4OS2/c1-11(19-22-14-5-3-4-6-15(14)23-19)25-10-18(24)21-13-7-8-16-17(9-13)26-12(2)20-16/h3-9,11H,10H2,1-2H3,(H,21,24)(H,22,23)/t11-/m1/s1. The molecule has 0 aliphatic carbocycles. The Morgan fingerprint density at radius 1 is 1.23 bits per heavy atom. The van der Waals surface area contributed by atoms with E-state index in [4.69, 9.17) is 0 Å². The Kier molecular flexibility index (Phi) is 4.65. The van der Waals surface area contributed by atoms with Crippen molar-refractivity contribution in [2.24, 2.45) is 0 Å². The van der Waals surface area contributed by atoms with E-state index in [0.717, 1.165) is 37.8 Å². The summed E-state index contributed by atoms with van der Waals surface area (Å²) in [5, 5.41) is 4.10. The van der Waals surface area contributed by atoms with Crippen LogP contribution in [0.4, 0.5) is 5.69 Å². The first-order chi connectivity index (χ1) is 12.6. The van der Waals surface area contributed by atoms with Gasteiger partial charge in [0.25, 0.3) is 0 Å². The first-order valence-corrected chi connectivity index (χ1v) is 10.2. The van der Waals surface area contributed by atoms with Crippen LogP contribution in [0.5, 0.6) is 0 Å². The summed E-state index contributed by atoms with van der Waals surface area (Å²) in [6.45, 7) is 4.04. The summed E-state index contributed by atoms with van der Waals surface area (Å²) in [6, 6.07) is 13.8. The molecule has 26 heavy (non-hydrogen) atoms. The molecule has 5 nitrogen and oxygen atoms in total. The summed E-state index contributed by atoms with van der Waals surface area (Å²) < 4.78 is 1.09. The van der Waals surface area contributed by atoms with Crippen LogP contribution in [-0.2, 0) is 4.79 Å². The molecular formula is C19H18N4OS2. The van der Waals surface area contributed by atoms with Crippen molar-refractivity contribution >= 4 is 55.9 Å². The molecule has 4 rings (SSSR count). The van der Waals surface area contributed by atoms with E-state index in [2.05, 4.69) is 27.2 Å². The zero-order valence-corrected chi connectivity index (χ0v) is 16.1. The number of carbonyl (C=O) groups excluding carboxylic acids is 1. The number of para-hydroxylation sites is 2. The molecule has 0 unspecified atom stereocenters. The molecular weight excluding hydrogens is 364 g/mol. The molecule has 7 heteroatoms. The number of H-pyrrole nitrogens is 1. The number of imidazole rings is 1. The van der Waals surface area contributed by atoms with Crippen LogP contribution in [0.2, 0.25) is 0 Å². The molecule has 0 bridgehead atoms. The van der Waals surface area contributed by atoms with Crippen molar-refractivity contribution in [1.82, 2.24) is 15.0 Å². The van der Waals surface area contributed by atoms with Gasteiger partial charge in [-0.25, -0.2) is 9.97 Å². The highest BCUT2D eigenvalue weighted by Crippen LogP contribution is 2.28. The van der Waals surface area contributed by atoms with Crippen molar-refractivity contribution in [3.05, 3.63) is 53.3 Å². The van der Waals surface area contributed by atoms with Crippen LogP contribution in [0.1, 0.15) is 23.0 Å². The van der Waals surface area contributed by atoms with Gasteiger partial charge in [-0.15, -0.1) is 23.1 Å². The Labute approximate surface area is 159 Å². The summed E-state index contributed by atoms with van der Waals surface area (Å²) in [5.74, 6) is 1.25. The highest BCUT2D eigenvalue weighted by atomic mass is 32.2. The number of amides is 1. The fourth-order valence-electron chi connectivity index (χ4n) is 2.76. The third kappa shape index (κ3) is 3.59. The van der Waals surface area contributed by atoms with E-state index in [0.29, 0.717) is 5.75 Å². The van der Waals surface area contributed by atoms with Gasteiger partial charge in [0.1, 0.15) is 5.82 Å². The number of aromatic nitrogens is 3. The number of aromatic amines is 1. The van der Waals surface area contributed by atoms with Gasteiger partial charge in [-0.05, 0) is 44.2 Å². The second-order valence-corrected chi connectivity index (χ2v) is 8.62. The summed E-state index contributed by atoms with van der Waals surface area (Å²) >= 11 is 3.20. The topological polar surface area (TPSA) is 70.7 Å². The van der Waals surface area contributed by atoms with E-state index >= 15 is 0 Å². The molecule has 0 radical (unpaired) electrons. The molecule has 0 saturated carbocycles. The monoisotopic (exact) mass is 382 g/mol. The molecule has 0 spiro atoms. The number of hydrogen-bond acceptors (Lipinski definition) is 5. The SMILES string of the molecule is Cc1nc2ccc(NC(=O)CS[C@H](C)c3nc4ccccc4[nH]3)cc2s1. The molecule has 2 aromatic carbocycles. The molecule has 1 atom stereocenters. The van der Waals surface area contributed by atoms with E-state index in [1.54, 1.807) is 23.1 Å². The van der Waals surface area contributed by atoms with Crippen LogP contribution in [0.3, 0.4) is 0 Å². The second kappa shape index (κ2) is 7.09. The number of fused-ring (bicyclic) bond motifs is 2. The smallest absolute Gasteiger partial charge is 0.234 e. The maximum Gasteiger partial charge on any atom is 0.234 e. The molecule has 4 aromatic rings. The van der Waals surface area contributed by atoms with Crippen LogP contribution in [0, 0.1) is 6.92 Å². The lowest BCUT2D eigenvalue weighted by Gasteiger charge is -2.09. The number of nitrogens with zero attached hydrogens (tertiary/aromatic N) is 2. The van der Waals surface area contributed by atoms with Gasteiger partial charge in [-0.2, -0.15) is 0 Å². The Morgan fingerprint density at radius 2 is 2.08 bits per heavy atom. The number of hydrogen-bond donors (Lipinski definition) is 2. The van der Waals surface area contributed by atoms with Gasteiger partial charge >= 0.3 is 0 Å². The van der Waals surface area contributed by atoms with E-state index in [1.807, 2.05) is 49.4 Å². The van der Waals surface area contributed by atoms with Crippen LogP contribution in [-0.4, -0.2) is 26.6 Å². The number of benzene rings is 2. The lowest BCUT2D eigenvalue weighted by molar-refractivity contribution is -0.113. The third-order valence-electron chi connectivity index (χ3n) is 4.04. The van der Waals surface area contributed by atoms with Gasteiger partial charge in [-0.1, -0.05) is 12.1 Å². The minimum atomic E-state index is -0.0152. The van der Waals surface area contributed by atoms with Crippen LogP contribution >= 0.6 is 23.1 Å².